The van der Waals surface area contributed by atoms with Crippen LogP contribution in [0.25, 0.3) is 0 Å². The third-order valence-electron chi connectivity index (χ3n) is 3.94. The second-order valence-corrected chi connectivity index (χ2v) is 9.75. The molecule has 1 aliphatic heterocycles. The Balaban J connectivity index is 2.02. The van der Waals surface area contributed by atoms with E-state index in [1.807, 2.05) is 0 Å². The molecule has 0 saturated carbocycles. The smallest absolute Gasteiger partial charge is 0.246 e. The largest absolute Gasteiger partial charge is 0.360 e. The first-order valence-corrected chi connectivity index (χ1v) is 10.7. The number of aromatic nitrogens is 1. The first-order chi connectivity index (χ1) is 11.0. The number of rotatable bonds is 6. The number of hydrogen-bond donors (Lipinski definition) is 1. The first-order valence-electron chi connectivity index (χ1n) is 7.43. The van der Waals surface area contributed by atoms with Crippen molar-refractivity contribution >= 4 is 25.8 Å². The van der Waals surface area contributed by atoms with E-state index in [0.29, 0.717) is 6.42 Å². The van der Waals surface area contributed by atoms with Crippen LogP contribution in [0.3, 0.4) is 0 Å². The van der Waals surface area contributed by atoms with Gasteiger partial charge in [-0.15, -0.1) is 0 Å². The Kier molecular flexibility index (Phi) is 5.35. The molecule has 0 aromatic carbocycles. The van der Waals surface area contributed by atoms with E-state index in [1.165, 1.54) is 25.7 Å². The first kappa shape index (κ1) is 18.9. The van der Waals surface area contributed by atoms with E-state index in [2.05, 4.69) is 9.88 Å². The van der Waals surface area contributed by atoms with Crippen molar-refractivity contribution in [2.45, 2.75) is 38.1 Å². The lowest BCUT2D eigenvalue weighted by atomic mass is 10.2. The molecule has 9 nitrogen and oxygen atoms in total. The van der Waals surface area contributed by atoms with Crippen molar-refractivity contribution in [2.24, 2.45) is 0 Å². The van der Waals surface area contributed by atoms with E-state index in [-0.39, 0.29) is 46.9 Å². The zero-order valence-electron chi connectivity index (χ0n) is 13.8. The minimum atomic E-state index is -3.81. The number of carbonyl (C=O) groups excluding carboxylic acids is 1. The van der Waals surface area contributed by atoms with Gasteiger partial charge in [0.1, 0.15) is 10.6 Å². The fourth-order valence-corrected chi connectivity index (χ4v) is 5.93. The summed E-state index contributed by atoms with van der Waals surface area (Å²) < 4.78 is 55.0. The van der Waals surface area contributed by atoms with Gasteiger partial charge in [-0.2, -0.15) is 0 Å². The summed E-state index contributed by atoms with van der Waals surface area (Å²) in [5.41, 5.74) is 0.255. The molecule has 1 atom stereocenters. The molecule has 1 amide bonds. The molecule has 0 aliphatic carbocycles. The normalized spacial score (nSPS) is 20.2. The molecule has 1 fully saturated rings. The Bertz CT molecular complexity index is 808. The summed E-state index contributed by atoms with van der Waals surface area (Å²) in [6.45, 7) is 4.44. The molecule has 1 saturated heterocycles. The molecule has 1 unspecified atom stereocenters. The molecule has 0 radical (unpaired) electrons. The lowest BCUT2D eigenvalue weighted by molar-refractivity contribution is -0.130. The van der Waals surface area contributed by atoms with Gasteiger partial charge in [0, 0.05) is 26.1 Å². The minimum absolute atomic E-state index is 0.0136. The quantitative estimate of drug-likeness (QED) is 0.713. The number of nitrogens with one attached hydrogen (secondary N) is 1. The van der Waals surface area contributed by atoms with Crippen molar-refractivity contribution in [2.75, 3.05) is 24.6 Å². The highest BCUT2D eigenvalue weighted by atomic mass is 32.2. The maximum atomic E-state index is 12.3. The summed E-state index contributed by atoms with van der Waals surface area (Å²) in [5, 5.41) is 3.61. The van der Waals surface area contributed by atoms with E-state index in [0.717, 1.165) is 0 Å². The molecule has 1 N–H and O–H groups in total. The van der Waals surface area contributed by atoms with Crippen LogP contribution in [0.5, 0.6) is 0 Å². The Hall–Kier alpha value is -1.46. The highest BCUT2D eigenvalue weighted by molar-refractivity contribution is 7.91. The maximum absolute atomic E-state index is 12.3. The average Bonchev–Trinajstić information content (AvgIpc) is 2.97. The summed E-state index contributed by atoms with van der Waals surface area (Å²) in [7, 11) is -6.94. The molecule has 24 heavy (non-hydrogen) atoms. The van der Waals surface area contributed by atoms with Gasteiger partial charge in [-0.3, -0.25) is 4.79 Å². The molecule has 0 bridgehead atoms. The van der Waals surface area contributed by atoms with E-state index in [9.17, 15) is 21.6 Å². The zero-order chi connectivity index (χ0) is 18.1. The number of hydrogen-bond acceptors (Lipinski definition) is 7. The van der Waals surface area contributed by atoms with E-state index in [4.69, 9.17) is 4.52 Å². The Morgan fingerprint density at radius 1 is 1.42 bits per heavy atom. The Morgan fingerprint density at radius 3 is 2.54 bits per heavy atom. The fraction of sp³-hybridized carbons (Fsp3) is 0.692. The summed E-state index contributed by atoms with van der Waals surface area (Å²) in [6.07, 6.45) is 0.374. The van der Waals surface area contributed by atoms with Gasteiger partial charge in [0.05, 0.1) is 11.5 Å². The van der Waals surface area contributed by atoms with Crippen molar-refractivity contribution in [3.63, 3.8) is 0 Å². The predicted molar refractivity (Wildman–Crippen MR) is 85.6 cm³/mol. The van der Waals surface area contributed by atoms with Crippen LogP contribution >= 0.6 is 0 Å². The van der Waals surface area contributed by atoms with Crippen LogP contribution < -0.4 is 4.72 Å². The van der Waals surface area contributed by atoms with Gasteiger partial charge >= 0.3 is 0 Å². The second kappa shape index (κ2) is 6.81. The summed E-state index contributed by atoms with van der Waals surface area (Å²) in [5.74, 6) is -0.130. The van der Waals surface area contributed by atoms with Gasteiger partial charge in [-0.1, -0.05) is 5.16 Å². The molecule has 136 valence electrons. The number of carbonyl (C=O) groups is 1. The molecule has 2 rings (SSSR count). The SMILES string of the molecule is CC(=O)N(CCNS(=O)(=O)c1c(C)noc1C)C1CCS(=O)(=O)C1. The summed E-state index contributed by atoms with van der Waals surface area (Å²) in [6, 6.07) is -0.406. The topological polar surface area (TPSA) is 127 Å². The predicted octanol–water partition coefficient (Wildman–Crippen LogP) is -0.395. The van der Waals surface area contributed by atoms with E-state index < -0.39 is 25.9 Å². The number of sulfonamides is 1. The number of aryl methyl sites for hydroxylation is 2. The maximum Gasteiger partial charge on any atom is 0.246 e. The summed E-state index contributed by atoms with van der Waals surface area (Å²) >= 11 is 0. The van der Waals surface area contributed by atoms with Crippen molar-refractivity contribution in [3.05, 3.63) is 11.5 Å². The van der Waals surface area contributed by atoms with Gasteiger partial charge in [-0.25, -0.2) is 21.6 Å². The van der Waals surface area contributed by atoms with Crippen molar-refractivity contribution in [1.82, 2.24) is 14.8 Å². The van der Waals surface area contributed by atoms with Crippen LogP contribution in [0.1, 0.15) is 24.8 Å². The second-order valence-electron chi connectivity index (χ2n) is 5.82. The third-order valence-corrected chi connectivity index (χ3v) is 7.39. The van der Waals surface area contributed by atoms with Crippen LogP contribution in [-0.4, -0.2) is 63.4 Å². The zero-order valence-corrected chi connectivity index (χ0v) is 15.4. The summed E-state index contributed by atoms with van der Waals surface area (Å²) in [4.78, 5) is 13.2. The van der Waals surface area contributed by atoms with Crippen LogP contribution in [-0.2, 0) is 24.7 Å². The van der Waals surface area contributed by atoms with Gasteiger partial charge in [0.15, 0.2) is 15.6 Å². The molecule has 11 heteroatoms. The standard InChI is InChI=1S/C13H21N3O6S2/c1-9-13(10(2)22-15-9)24(20,21)14-5-6-16(11(3)17)12-4-7-23(18,19)8-12/h12,14H,4-8H2,1-3H3. The van der Waals surface area contributed by atoms with E-state index in [1.54, 1.807) is 0 Å². The van der Waals surface area contributed by atoms with Crippen molar-refractivity contribution < 1.29 is 26.2 Å². The highest BCUT2D eigenvalue weighted by Gasteiger charge is 2.33. The monoisotopic (exact) mass is 379 g/mol. The highest BCUT2D eigenvalue weighted by Crippen LogP contribution is 2.19. The van der Waals surface area contributed by atoms with Gasteiger partial charge in [0.2, 0.25) is 15.9 Å². The molecule has 0 spiro atoms. The average molecular weight is 379 g/mol. The number of nitrogens with zero attached hydrogens (tertiary/aromatic N) is 2. The molecule has 1 aromatic heterocycles. The van der Waals surface area contributed by atoms with Crippen LogP contribution in [0.15, 0.2) is 9.42 Å². The van der Waals surface area contributed by atoms with Crippen LogP contribution in [0, 0.1) is 13.8 Å². The van der Waals surface area contributed by atoms with Gasteiger partial charge < -0.3 is 9.42 Å². The fourth-order valence-electron chi connectivity index (χ4n) is 2.85. The van der Waals surface area contributed by atoms with Gasteiger partial charge in [-0.05, 0) is 20.3 Å². The van der Waals surface area contributed by atoms with Gasteiger partial charge in [0.25, 0.3) is 0 Å². The van der Waals surface area contributed by atoms with Crippen LogP contribution in [0.4, 0.5) is 0 Å². The number of amides is 1. The van der Waals surface area contributed by atoms with Crippen molar-refractivity contribution in [3.8, 4) is 0 Å². The molecule has 1 aliphatic rings. The Labute approximate surface area is 141 Å². The molecular weight excluding hydrogens is 358 g/mol. The molecule has 2 heterocycles. The molecular formula is C13H21N3O6S2. The Morgan fingerprint density at radius 2 is 2.08 bits per heavy atom. The number of sulfone groups is 1. The minimum Gasteiger partial charge on any atom is -0.360 e. The third kappa shape index (κ3) is 4.14. The lowest BCUT2D eigenvalue weighted by Gasteiger charge is -2.27. The lowest BCUT2D eigenvalue weighted by Crippen LogP contribution is -2.44. The molecule has 1 aromatic rings. The van der Waals surface area contributed by atoms with E-state index >= 15 is 0 Å². The van der Waals surface area contributed by atoms with Crippen LogP contribution in [0.2, 0.25) is 0 Å². The van der Waals surface area contributed by atoms with Crippen molar-refractivity contribution in [1.29, 1.82) is 0 Å².